The Hall–Kier alpha value is -1.42. The minimum absolute atomic E-state index is 0.221. The molecule has 3 aromatic rings. The Bertz CT molecular complexity index is 936. The maximum absolute atomic E-state index is 10.3. The lowest BCUT2D eigenvalue weighted by molar-refractivity contribution is 0.122. The monoisotopic (exact) mass is 562 g/mol. The number of hydrogen-bond acceptors (Lipinski definition) is 8. The Balaban J connectivity index is 1.31. The number of rotatable bonds is 16. The summed E-state index contributed by atoms with van der Waals surface area (Å²) >= 11 is 6.85. The van der Waals surface area contributed by atoms with E-state index in [-0.39, 0.29) is 13.2 Å². The molecular formula is C28H34O4S4. The van der Waals surface area contributed by atoms with Gasteiger partial charge in [0.05, 0.1) is 12.2 Å². The molecule has 0 aromatic heterocycles. The van der Waals surface area contributed by atoms with Crippen molar-refractivity contribution in [3.05, 3.63) is 83.9 Å². The average Bonchev–Trinajstić information content (AvgIpc) is 2.92. The topological polar surface area (TPSA) is 58.9 Å². The Morgan fingerprint density at radius 1 is 0.639 bits per heavy atom. The molecule has 0 heterocycles. The molecule has 2 atom stereocenters. The number of aliphatic hydroxyl groups is 2. The smallest absolute Gasteiger partial charge is 0.123 e. The Kier molecular flexibility index (Phi) is 13.3. The molecule has 0 saturated carbocycles. The lowest BCUT2D eigenvalue weighted by atomic mass is 10.2. The zero-order valence-corrected chi connectivity index (χ0v) is 23.9. The summed E-state index contributed by atoms with van der Waals surface area (Å²) in [6, 6.07) is 24.4. The van der Waals surface area contributed by atoms with Gasteiger partial charge in [-0.3, -0.25) is 0 Å². The second-order valence-corrected chi connectivity index (χ2v) is 12.0. The van der Waals surface area contributed by atoms with Crippen LogP contribution in [0.4, 0.5) is 0 Å². The van der Waals surface area contributed by atoms with Gasteiger partial charge in [0.2, 0.25) is 0 Å². The zero-order chi connectivity index (χ0) is 25.6. The quantitative estimate of drug-likeness (QED) is 0.193. The summed E-state index contributed by atoms with van der Waals surface area (Å²) in [5, 5.41) is 20.6. The molecule has 0 aliphatic rings. The first-order valence-corrected chi connectivity index (χ1v) is 16.4. The van der Waals surface area contributed by atoms with Gasteiger partial charge in [-0.1, -0.05) is 30.3 Å². The third-order valence-corrected chi connectivity index (χ3v) is 8.97. The van der Waals surface area contributed by atoms with Crippen molar-refractivity contribution in [1.82, 2.24) is 0 Å². The number of thioether (sulfide) groups is 4. The molecule has 2 unspecified atom stereocenters. The molecule has 8 heteroatoms. The van der Waals surface area contributed by atoms with Crippen LogP contribution >= 0.6 is 47.0 Å². The average molecular weight is 563 g/mol. The summed E-state index contributed by atoms with van der Waals surface area (Å²) in [5.41, 5.74) is 2.50. The van der Waals surface area contributed by atoms with Crippen LogP contribution in [-0.2, 0) is 11.5 Å². The van der Waals surface area contributed by atoms with Crippen LogP contribution in [0.3, 0.4) is 0 Å². The molecule has 4 nitrogen and oxygen atoms in total. The number of ether oxygens (including phenoxy) is 2. The van der Waals surface area contributed by atoms with Gasteiger partial charge in [0.15, 0.2) is 0 Å². The Morgan fingerprint density at radius 2 is 1.06 bits per heavy atom. The van der Waals surface area contributed by atoms with Gasteiger partial charge >= 0.3 is 0 Å². The van der Waals surface area contributed by atoms with Gasteiger partial charge in [-0.2, -0.15) is 23.5 Å². The summed E-state index contributed by atoms with van der Waals surface area (Å²) in [7, 11) is 0. The Morgan fingerprint density at radius 3 is 1.44 bits per heavy atom. The minimum Gasteiger partial charge on any atom is -0.491 e. The predicted molar refractivity (Wildman–Crippen MR) is 158 cm³/mol. The predicted octanol–water partition coefficient (Wildman–Crippen LogP) is 6.48. The molecule has 0 radical (unpaired) electrons. The van der Waals surface area contributed by atoms with E-state index in [0.29, 0.717) is 23.0 Å². The van der Waals surface area contributed by atoms with Crippen molar-refractivity contribution in [3.63, 3.8) is 0 Å². The maximum atomic E-state index is 10.3. The van der Waals surface area contributed by atoms with Crippen molar-refractivity contribution >= 4 is 47.0 Å². The van der Waals surface area contributed by atoms with Crippen LogP contribution in [0.15, 0.2) is 82.6 Å². The van der Waals surface area contributed by atoms with Crippen molar-refractivity contribution in [2.75, 3.05) is 37.2 Å². The SMILES string of the molecule is CSc1ccc(CSCC(O)COc2cccc(OCC(O)CSCc3ccc(SC)cc3)c2)cc1. The molecule has 0 spiro atoms. The summed E-state index contributed by atoms with van der Waals surface area (Å²) in [5.74, 6) is 4.21. The van der Waals surface area contributed by atoms with Crippen LogP contribution < -0.4 is 9.47 Å². The molecule has 0 saturated heterocycles. The normalized spacial score (nSPS) is 12.8. The van der Waals surface area contributed by atoms with E-state index >= 15 is 0 Å². The standard InChI is InChI=1S/C28H34O4S4/c1-33-27-10-6-21(7-11-27)17-35-19-23(29)15-31-25-4-3-5-26(14-25)32-16-24(30)20-36-18-22-8-12-28(34-2)13-9-22/h3-14,23-24,29-30H,15-20H2,1-2H3. The molecule has 0 bridgehead atoms. The highest BCUT2D eigenvalue weighted by atomic mass is 32.2. The molecule has 3 aromatic carbocycles. The van der Waals surface area contributed by atoms with Gasteiger partial charge in [-0.15, -0.1) is 23.5 Å². The van der Waals surface area contributed by atoms with E-state index in [2.05, 4.69) is 61.0 Å². The zero-order valence-electron chi connectivity index (χ0n) is 20.7. The van der Waals surface area contributed by atoms with Crippen LogP contribution in [0.25, 0.3) is 0 Å². The highest BCUT2D eigenvalue weighted by Crippen LogP contribution is 2.22. The third-order valence-electron chi connectivity index (χ3n) is 5.17. The minimum atomic E-state index is -0.555. The van der Waals surface area contributed by atoms with Crippen molar-refractivity contribution in [1.29, 1.82) is 0 Å². The van der Waals surface area contributed by atoms with Gasteiger partial charge in [0.25, 0.3) is 0 Å². The molecule has 194 valence electrons. The van der Waals surface area contributed by atoms with Crippen molar-refractivity contribution in [2.24, 2.45) is 0 Å². The van der Waals surface area contributed by atoms with E-state index in [0.717, 1.165) is 11.5 Å². The van der Waals surface area contributed by atoms with E-state index in [9.17, 15) is 10.2 Å². The first kappa shape index (κ1) is 29.1. The molecular weight excluding hydrogens is 529 g/mol. The first-order valence-electron chi connectivity index (χ1n) is 11.7. The van der Waals surface area contributed by atoms with Crippen LogP contribution in [0.1, 0.15) is 11.1 Å². The molecule has 3 rings (SSSR count). The van der Waals surface area contributed by atoms with E-state index in [1.807, 2.05) is 18.2 Å². The lowest BCUT2D eigenvalue weighted by Gasteiger charge is -2.15. The molecule has 0 aliphatic heterocycles. The van der Waals surface area contributed by atoms with E-state index in [1.54, 1.807) is 53.1 Å². The second-order valence-electron chi connectivity index (χ2n) is 8.13. The van der Waals surface area contributed by atoms with Gasteiger partial charge < -0.3 is 19.7 Å². The van der Waals surface area contributed by atoms with Crippen LogP contribution in [0.2, 0.25) is 0 Å². The summed E-state index contributed by atoms with van der Waals surface area (Å²) in [6.07, 6.45) is 3.03. The number of hydrogen-bond donors (Lipinski definition) is 2. The van der Waals surface area contributed by atoms with Crippen molar-refractivity contribution < 1.29 is 19.7 Å². The van der Waals surface area contributed by atoms with Gasteiger partial charge in [-0.25, -0.2) is 0 Å². The number of aliphatic hydroxyl groups excluding tert-OH is 2. The molecule has 0 amide bonds. The molecule has 0 fully saturated rings. The fourth-order valence-corrected chi connectivity index (χ4v) is 5.85. The lowest BCUT2D eigenvalue weighted by Crippen LogP contribution is -2.21. The third kappa shape index (κ3) is 10.9. The largest absolute Gasteiger partial charge is 0.491 e. The highest BCUT2D eigenvalue weighted by molar-refractivity contribution is 7.99. The summed E-state index contributed by atoms with van der Waals surface area (Å²) < 4.78 is 11.5. The van der Waals surface area contributed by atoms with Gasteiger partial charge in [-0.05, 0) is 60.0 Å². The van der Waals surface area contributed by atoms with E-state index < -0.39 is 12.2 Å². The fourth-order valence-electron chi connectivity index (χ4n) is 3.20. The van der Waals surface area contributed by atoms with E-state index in [1.165, 1.54) is 20.9 Å². The molecule has 0 aliphatic carbocycles. The van der Waals surface area contributed by atoms with Gasteiger partial charge in [0.1, 0.15) is 24.7 Å². The molecule has 2 N–H and O–H groups in total. The van der Waals surface area contributed by atoms with Crippen LogP contribution in [0, 0.1) is 0 Å². The fraction of sp³-hybridized carbons (Fsp3) is 0.357. The van der Waals surface area contributed by atoms with E-state index in [4.69, 9.17) is 9.47 Å². The summed E-state index contributed by atoms with van der Waals surface area (Å²) in [4.78, 5) is 2.51. The van der Waals surface area contributed by atoms with Crippen molar-refractivity contribution in [2.45, 2.75) is 33.5 Å². The van der Waals surface area contributed by atoms with Crippen LogP contribution in [-0.4, -0.2) is 59.7 Å². The van der Waals surface area contributed by atoms with Crippen molar-refractivity contribution in [3.8, 4) is 11.5 Å². The Labute approximate surface area is 232 Å². The molecule has 36 heavy (non-hydrogen) atoms. The highest BCUT2D eigenvalue weighted by Gasteiger charge is 2.09. The number of benzene rings is 3. The summed E-state index contributed by atoms with van der Waals surface area (Å²) in [6.45, 7) is 0.443. The van der Waals surface area contributed by atoms with Gasteiger partial charge in [0, 0.05) is 38.9 Å². The maximum Gasteiger partial charge on any atom is 0.123 e. The second kappa shape index (κ2) is 16.4. The van der Waals surface area contributed by atoms with Crippen LogP contribution in [0.5, 0.6) is 11.5 Å². The first-order chi connectivity index (χ1) is 17.6.